The molecule has 2 aliphatic heterocycles. The number of anilines is 2. The standard InChI is InChI=1S/C29H33N5O/c1-21-18-34(28-11-10-23(17-30)29-26(28)8-4-12-31-29)20-24(35-21)19-32-13-15-33(16-14-32)27-9-3-6-22-5-2-7-25(22)27/h3-4,6,8-12,21,24H,2,5,7,13-16,18-20H2,1H3/t21-,24+/m1/s1. The number of morpholine rings is 1. The fourth-order valence-corrected chi connectivity index (χ4v) is 6.22. The molecule has 3 heterocycles. The molecule has 0 radical (unpaired) electrons. The highest BCUT2D eigenvalue weighted by Crippen LogP contribution is 2.33. The molecule has 2 atom stereocenters. The number of aromatic nitrogens is 1. The molecular formula is C29H33N5O. The van der Waals surface area contributed by atoms with Gasteiger partial charge in [0.25, 0.3) is 0 Å². The first-order valence-corrected chi connectivity index (χ1v) is 13.0. The fourth-order valence-electron chi connectivity index (χ4n) is 6.22. The molecule has 3 aromatic rings. The van der Waals surface area contributed by atoms with E-state index in [0.717, 1.165) is 62.4 Å². The summed E-state index contributed by atoms with van der Waals surface area (Å²) in [5.41, 5.74) is 7.17. The van der Waals surface area contributed by atoms with Crippen molar-refractivity contribution >= 4 is 22.3 Å². The zero-order chi connectivity index (χ0) is 23.8. The molecule has 6 heteroatoms. The summed E-state index contributed by atoms with van der Waals surface area (Å²) in [5, 5.41) is 10.6. The summed E-state index contributed by atoms with van der Waals surface area (Å²) >= 11 is 0. The van der Waals surface area contributed by atoms with Crippen LogP contribution in [0.3, 0.4) is 0 Å². The van der Waals surface area contributed by atoms with Crippen molar-refractivity contribution in [1.82, 2.24) is 9.88 Å². The van der Waals surface area contributed by atoms with Crippen molar-refractivity contribution in [1.29, 1.82) is 5.26 Å². The van der Waals surface area contributed by atoms with E-state index in [-0.39, 0.29) is 12.2 Å². The third kappa shape index (κ3) is 4.35. The van der Waals surface area contributed by atoms with E-state index < -0.39 is 0 Å². The predicted molar refractivity (Wildman–Crippen MR) is 140 cm³/mol. The number of aryl methyl sites for hydroxylation is 1. The van der Waals surface area contributed by atoms with Gasteiger partial charge in [-0.2, -0.15) is 5.26 Å². The number of nitriles is 1. The zero-order valence-electron chi connectivity index (χ0n) is 20.5. The minimum Gasteiger partial charge on any atom is -0.370 e. The van der Waals surface area contributed by atoms with Gasteiger partial charge in [-0.1, -0.05) is 12.1 Å². The highest BCUT2D eigenvalue weighted by Gasteiger charge is 2.30. The number of pyridine rings is 1. The molecule has 1 aliphatic carbocycles. The van der Waals surface area contributed by atoms with Gasteiger partial charge in [-0.05, 0) is 67.6 Å². The maximum atomic E-state index is 9.51. The molecule has 0 bridgehead atoms. The SMILES string of the molecule is C[C@@H]1CN(c2ccc(C#N)c3ncccc23)C[C@H](CN2CCN(c3cccc4c3CCC4)CC2)O1. The summed E-state index contributed by atoms with van der Waals surface area (Å²) < 4.78 is 6.40. The van der Waals surface area contributed by atoms with Gasteiger partial charge in [0.2, 0.25) is 0 Å². The van der Waals surface area contributed by atoms with Crippen molar-refractivity contribution < 1.29 is 4.74 Å². The van der Waals surface area contributed by atoms with Crippen LogP contribution >= 0.6 is 0 Å². The molecular weight excluding hydrogens is 434 g/mol. The van der Waals surface area contributed by atoms with Crippen LogP contribution in [0.1, 0.15) is 30.0 Å². The Balaban J connectivity index is 1.13. The third-order valence-corrected chi connectivity index (χ3v) is 7.83. The minimum absolute atomic E-state index is 0.157. The lowest BCUT2D eigenvalue weighted by Crippen LogP contribution is -2.54. The van der Waals surface area contributed by atoms with Gasteiger partial charge in [0, 0.05) is 68.8 Å². The lowest BCUT2D eigenvalue weighted by molar-refractivity contribution is -0.0327. The summed E-state index contributed by atoms with van der Waals surface area (Å²) in [6.45, 7) is 9.11. The molecule has 2 aromatic carbocycles. The van der Waals surface area contributed by atoms with E-state index in [1.165, 1.54) is 24.9 Å². The lowest BCUT2D eigenvalue weighted by Gasteiger charge is -2.42. The van der Waals surface area contributed by atoms with E-state index in [9.17, 15) is 5.26 Å². The van der Waals surface area contributed by atoms with Crippen LogP contribution in [0.15, 0.2) is 48.7 Å². The largest absolute Gasteiger partial charge is 0.370 e. The number of hydrogen-bond acceptors (Lipinski definition) is 6. The topological polar surface area (TPSA) is 55.6 Å². The molecule has 0 saturated carbocycles. The number of nitrogens with zero attached hydrogens (tertiary/aromatic N) is 5. The summed E-state index contributed by atoms with van der Waals surface area (Å²) in [7, 11) is 0. The van der Waals surface area contributed by atoms with Gasteiger partial charge in [-0.15, -0.1) is 0 Å². The number of ether oxygens (including phenoxy) is 1. The van der Waals surface area contributed by atoms with Gasteiger partial charge in [0.1, 0.15) is 6.07 Å². The van der Waals surface area contributed by atoms with E-state index in [1.54, 1.807) is 17.3 Å². The quantitative estimate of drug-likeness (QED) is 0.578. The molecule has 180 valence electrons. The summed E-state index contributed by atoms with van der Waals surface area (Å²) in [6, 6.07) is 17.2. The second-order valence-corrected chi connectivity index (χ2v) is 10.2. The molecule has 0 amide bonds. The summed E-state index contributed by atoms with van der Waals surface area (Å²) in [5.74, 6) is 0. The maximum Gasteiger partial charge on any atom is 0.101 e. The van der Waals surface area contributed by atoms with Crippen LogP contribution in [0.25, 0.3) is 10.9 Å². The van der Waals surface area contributed by atoms with Gasteiger partial charge in [0.15, 0.2) is 0 Å². The second kappa shape index (κ2) is 9.49. The predicted octanol–water partition coefficient (Wildman–Crippen LogP) is 4.01. The summed E-state index contributed by atoms with van der Waals surface area (Å²) in [6.07, 6.45) is 5.85. The average molecular weight is 468 g/mol. The molecule has 6 nitrogen and oxygen atoms in total. The van der Waals surface area contributed by atoms with E-state index in [1.807, 2.05) is 12.1 Å². The Hall–Kier alpha value is -3.14. The van der Waals surface area contributed by atoms with Crippen molar-refractivity contribution in [2.75, 3.05) is 55.6 Å². The zero-order valence-corrected chi connectivity index (χ0v) is 20.5. The normalized spacial score (nSPS) is 22.9. The first-order chi connectivity index (χ1) is 17.2. The van der Waals surface area contributed by atoms with Crippen molar-refractivity contribution in [3.63, 3.8) is 0 Å². The van der Waals surface area contributed by atoms with Crippen molar-refractivity contribution in [3.8, 4) is 6.07 Å². The highest BCUT2D eigenvalue weighted by atomic mass is 16.5. The molecule has 1 aromatic heterocycles. The Morgan fingerprint density at radius 2 is 1.86 bits per heavy atom. The van der Waals surface area contributed by atoms with Gasteiger partial charge in [-0.3, -0.25) is 9.88 Å². The Bertz CT molecular complexity index is 1260. The Kier molecular flexibility index (Phi) is 6.05. The Labute approximate surface area is 207 Å². The van der Waals surface area contributed by atoms with Crippen LogP contribution in [-0.2, 0) is 17.6 Å². The monoisotopic (exact) mass is 467 g/mol. The van der Waals surface area contributed by atoms with Gasteiger partial charge in [-0.25, -0.2) is 0 Å². The van der Waals surface area contributed by atoms with Crippen LogP contribution < -0.4 is 9.80 Å². The van der Waals surface area contributed by atoms with Crippen LogP contribution in [0, 0.1) is 11.3 Å². The second-order valence-electron chi connectivity index (χ2n) is 10.2. The molecule has 0 unspecified atom stereocenters. The molecule has 6 rings (SSSR count). The van der Waals surface area contributed by atoms with Crippen molar-refractivity contribution in [2.24, 2.45) is 0 Å². The van der Waals surface area contributed by atoms with E-state index in [2.05, 4.69) is 63.0 Å². The smallest absolute Gasteiger partial charge is 0.101 e. The molecule has 3 aliphatic rings. The molecule has 0 spiro atoms. The lowest BCUT2D eigenvalue weighted by atomic mass is 10.1. The molecule has 2 fully saturated rings. The number of fused-ring (bicyclic) bond motifs is 2. The van der Waals surface area contributed by atoms with Gasteiger partial charge < -0.3 is 14.5 Å². The van der Waals surface area contributed by atoms with Gasteiger partial charge >= 0.3 is 0 Å². The number of piperazine rings is 1. The number of hydrogen-bond donors (Lipinski definition) is 0. The Morgan fingerprint density at radius 1 is 0.971 bits per heavy atom. The number of benzene rings is 2. The van der Waals surface area contributed by atoms with E-state index in [4.69, 9.17) is 4.74 Å². The highest BCUT2D eigenvalue weighted by molar-refractivity contribution is 5.95. The van der Waals surface area contributed by atoms with Crippen LogP contribution in [0.5, 0.6) is 0 Å². The van der Waals surface area contributed by atoms with E-state index >= 15 is 0 Å². The van der Waals surface area contributed by atoms with Crippen LogP contribution in [0.2, 0.25) is 0 Å². The van der Waals surface area contributed by atoms with Crippen molar-refractivity contribution in [3.05, 3.63) is 65.4 Å². The van der Waals surface area contributed by atoms with Crippen molar-refractivity contribution in [2.45, 2.75) is 38.4 Å². The van der Waals surface area contributed by atoms with E-state index in [0.29, 0.717) is 5.56 Å². The maximum absolute atomic E-state index is 9.51. The minimum atomic E-state index is 0.157. The molecule has 0 N–H and O–H groups in total. The first-order valence-electron chi connectivity index (χ1n) is 13.0. The van der Waals surface area contributed by atoms with Crippen LogP contribution in [-0.4, -0.2) is 67.9 Å². The van der Waals surface area contributed by atoms with Gasteiger partial charge in [0.05, 0.1) is 23.3 Å². The summed E-state index contributed by atoms with van der Waals surface area (Å²) in [4.78, 5) is 12.1. The van der Waals surface area contributed by atoms with Crippen LogP contribution in [0.4, 0.5) is 11.4 Å². The molecule has 35 heavy (non-hydrogen) atoms. The average Bonchev–Trinajstić information content (AvgIpc) is 3.37. The molecule has 2 saturated heterocycles. The number of rotatable bonds is 4. The Morgan fingerprint density at radius 3 is 2.71 bits per heavy atom. The fraction of sp³-hybridized carbons (Fsp3) is 0.448. The third-order valence-electron chi connectivity index (χ3n) is 7.83. The first kappa shape index (κ1) is 22.3.